The number of imidazole rings is 1. The van der Waals surface area contributed by atoms with E-state index in [0.717, 1.165) is 37.5 Å². The maximum atomic E-state index is 12.9. The standard InChI is InChI=1S/C19H22F3N3O/c1-2-25-10-8-23-17(25)13-24-9-4-6-15(12-24)18(26)14-5-3-7-16(11-14)19(20,21)22/h3,5,7-8,10-11,15H,2,4,6,9,12-13H2,1H3/t15-/m1/s1. The van der Waals surface area contributed by atoms with Crippen LogP contribution in [0, 0.1) is 5.92 Å². The van der Waals surface area contributed by atoms with E-state index in [0.29, 0.717) is 19.5 Å². The number of nitrogens with zero attached hydrogens (tertiary/aromatic N) is 3. The molecule has 26 heavy (non-hydrogen) atoms. The van der Waals surface area contributed by atoms with Crippen molar-refractivity contribution in [2.24, 2.45) is 5.92 Å². The van der Waals surface area contributed by atoms with Gasteiger partial charge in [0.15, 0.2) is 5.78 Å². The Morgan fingerprint density at radius 3 is 2.88 bits per heavy atom. The molecule has 0 unspecified atom stereocenters. The number of piperidine rings is 1. The molecule has 7 heteroatoms. The predicted octanol–water partition coefficient (Wildman–Crippen LogP) is 4.02. The maximum absolute atomic E-state index is 12.9. The van der Waals surface area contributed by atoms with Gasteiger partial charge in [0.2, 0.25) is 0 Å². The van der Waals surface area contributed by atoms with Gasteiger partial charge in [0.05, 0.1) is 12.1 Å². The normalized spacial score (nSPS) is 18.8. The number of hydrogen-bond acceptors (Lipinski definition) is 3. The van der Waals surface area contributed by atoms with Crippen LogP contribution in [0.15, 0.2) is 36.7 Å². The molecule has 0 spiro atoms. The van der Waals surface area contributed by atoms with Crippen LogP contribution in [0.3, 0.4) is 0 Å². The fourth-order valence-corrected chi connectivity index (χ4v) is 3.48. The van der Waals surface area contributed by atoms with Gasteiger partial charge in [0, 0.05) is 37.0 Å². The zero-order valence-electron chi connectivity index (χ0n) is 14.7. The van der Waals surface area contributed by atoms with Crippen molar-refractivity contribution in [2.75, 3.05) is 13.1 Å². The third-order valence-corrected chi connectivity index (χ3v) is 4.86. The van der Waals surface area contributed by atoms with E-state index in [-0.39, 0.29) is 17.3 Å². The average Bonchev–Trinajstić information content (AvgIpc) is 3.08. The second-order valence-electron chi connectivity index (χ2n) is 6.65. The Hall–Kier alpha value is -2.15. The second-order valence-corrected chi connectivity index (χ2v) is 6.65. The summed E-state index contributed by atoms with van der Waals surface area (Å²) in [5.41, 5.74) is -0.636. The van der Waals surface area contributed by atoms with Crippen LogP contribution in [0.2, 0.25) is 0 Å². The van der Waals surface area contributed by atoms with Crippen LogP contribution in [0.25, 0.3) is 0 Å². The van der Waals surface area contributed by atoms with E-state index in [1.165, 1.54) is 12.1 Å². The minimum absolute atomic E-state index is 0.140. The Morgan fingerprint density at radius 2 is 2.15 bits per heavy atom. The van der Waals surface area contributed by atoms with Crippen molar-refractivity contribution in [1.29, 1.82) is 0 Å². The summed E-state index contributed by atoms with van der Waals surface area (Å²) in [6.45, 7) is 4.93. The molecule has 1 aromatic heterocycles. The summed E-state index contributed by atoms with van der Waals surface area (Å²) in [6.07, 6.45) is 0.792. The number of likely N-dealkylation sites (tertiary alicyclic amines) is 1. The quantitative estimate of drug-likeness (QED) is 0.752. The highest BCUT2D eigenvalue weighted by Crippen LogP contribution is 2.30. The van der Waals surface area contributed by atoms with Gasteiger partial charge in [-0.3, -0.25) is 9.69 Å². The zero-order valence-corrected chi connectivity index (χ0v) is 14.7. The molecule has 0 aliphatic carbocycles. The first-order chi connectivity index (χ1) is 12.4. The third-order valence-electron chi connectivity index (χ3n) is 4.86. The Kier molecular flexibility index (Phi) is 5.46. The number of hydrogen-bond donors (Lipinski definition) is 0. The number of carbonyl (C=O) groups excluding carboxylic acids is 1. The Bertz CT molecular complexity index is 769. The molecule has 0 bridgehead atoms. The van der Waals surface area contributed by atoms with Crippen molar-refractivity contribution in [1.82, 2.24) is 14.5 Å². The number of Topliss-reactive ketones (excluding diaryl/α,β-unsaturated/α-hetero) is 1. The fourth-order valence-electron chi connectivity index (χ4n) is 3.48. The largest absolute Gasteiger partial charge is 0.416 e. The van der Waals surface area contributed by atoms with Crippen molar-refractivity contribution in [3.8, 4) is 0 Å². The number of rotatable bonds is 5. The predicted molar refractivity (Wildman–Crippen MR) is 91.7 cm³/mol. The van der Waals surface area contributed by atoms with Gasteiger partial charge >= 0.3 is 6.18 Å². The lowest BCUT2D eigenvalue weighted by Gasteiger charge is -2.31. The van der Waals surface area contributed by atoms with Crippen molar-refractivity contribution < 1.29 is 18.0 Å². The minimum atomic E-state index is -4.44. The molecule has 2 heterocycles. The van der Waals surface area contributed by atoms with E-state index in [9.17, 15) is 18.0 Å². The van der Waals surface area contributed by atoms with Gasteiger partial charge < -0.3 is 4.57 Å². The average molecular weight is 365 g/mol. The zero-order chi connectivity index (χ0) is 18.7. The SMILES string of the molecule is CCn1ccnc1CN1CCC[C@@H](C(=O)c2cccc(C(F)(F)F)c2)C1. The van der Waals surface area contributed by atoms with E-state index in [2.05, 4.69) is 14.5 Å². The van der Waals surface area contributed by atoms with Crippen LogP contribution in [-0.4, -0.2) is 33.3 Å². The van der Waals surface area contributed by atoms with E-state index in [1.807, 2.05) is 13.1 Å². The first-order valence-electron chi connectivity index (χ1n) is 8.82. The summed E-state index contributed by atoms with van der Waals surface area (Å²) in [4.78, 5) is 19.3. The first kappa shape index (κ1) is 18.6. The number of halogens is 3. The molecule has 3 rings (SSSR count). The summed E-state index contributed by atoms with van der Waals surface area (Å²) in [7, 11) is 0. The van der Waals surface area contributed by atoms with Gasteiger partial charge in [-0.25, -0.2) is 4.98 Å². The van der Waals surface area contributed by atoms with E-state index in [1.54, 1.807) is 6.20 Å². The summed E-state index contributed by atoms with van der Waals surface area (Å²) in [5.74, 6) is 0.455. The third kappa shape index (κ3) is 4.15. The topological polar surface area (TPSA) is 38.1 Å². The van der Waals surface area contributed by atoms with Gasteiger partial charge in [-0.05, 0) is 38.4 Å². The summed E-state index contributed by atoms with van der Waals surface area (Å²) in [5, 5.41) is 0. The van der Waals surface area contributed by atoms with Crippen LogP contribution < -0.4 is 0 Å². The molecule has 1 aromatic carbocycles. The summed E-state index contributed by atoms with van der Waals surface area (Å²) >= 11 is 0. The van der Waals surface area contributed by atoms with Gasteiger partial charge in [0.25, 0.3) is 0 Å². The number of carbonyl (C=O) groups is 1. The smallest absolute Gasteiger partial charge is 0.334 e. The number of alkyl halides is 3. The maximum Gasteiger partial charge on any atom is 0.416 e. The van der Waals surface area contributed by atoms with Crippen molar-refractivity contribution in [3.05, 3.63) is 53.6 Å². The van der Waals surface area contributed by atoms with Gasteiger partial charge in [-0.2, -0.15) is 13.2 Å². The van der Waals surface area contributed by atoms with E-state index < -0.39 is 11.7 Å². The molecule has 4 nitrogen and oxygen atoms in total. The summed E-state index contributed by atoms with van der Waals surface area (Å²) < 4.78 is 40.7. The Balaban J connectivity index is 1.70. The number of aryl methyl sites for hydroxylation is 1. The van der Waals surface area contributed by atoms with Crippen LogP contribution in [-0.2, 0) is 19.3 Å². The number of aromatic nitrogens is 2. The van der Waals surface area contributed by atoms with Crippen LogP contribution in [0.1, 0.15) is 41.5 Å². The van der Waals surface area contributed by atoms with Gasteiger partial charge in [0.1, 0.15) is 5.82 Å². The molecule has 0 radical (unpaired) electrons. The molecule has 1 fully saturated rings. The van der Waals surface area contributed by atoms with E-state index >= 15 is 0 Å². The Morgan fingerprint density at radius 1 is 1.35 bits per heavy atom. The van der Waals surface area contributed by atoms with Crippen molar-refractivity contribution in [3.63, 3.8) is 0 Å². The molecular weight excluding hydrogens is 343 g/mol. The lowest BCUT2D eigenvalue weighted by molar-refractivity contribution is -0.137. The fraction of sp³-hybridized carbons (Fsp3) is 0.474. The monoisotopic (exact) mass is 365 g/mol. The van der Waals surface area contributed by atoms with Crippen LogP contribution in [0.4, 0.5) is 13.2 Å². The lowest BCUT2D eigenvalue weighted by atomic mass is 9.89. The highest BCUT2D eigenvalue weighted by Gasteiger charge is 2.32. The molecule has 140 valence electrons. The van der Waals surface area contributed by atoms with E-state index in [4.69, 9.17) is 0 Å². The number of ketones is 1. The summed E-state index contributed by atoms with van der Waals surface area (Å²) in [6, 6.07) is 4.73. The number of benzene rings is 1. The van der Waals surface area contributed by atoms with Crippen molar-refractivity contribution >= 4 is 5.78 Å². The molecule has 2 aromatic rings. The molecule has 1 saturated heterocycles. The Labute approximate surface area is 150 Å². The molecule has 1 atom stereocenters. The molecular formula is C19H22F3N3O. The highest BCUT2D eigenvalue weighted by molar-refractivity contribution is 5.98. The minimum Gasteiger partial charge on any atom is -0.334 e. The van der Waals surface area contributed by atoms with Crippen LogP contribution >= 0.6 is 0 Å². The van der Waals surface area contributed by atoms with Crippen LogP contribution in [0.5, 0.6) is 0 Å². The highest BCUT2D eigenvalue weighted by atomic mass is 19.4. The molecule has 1 aliphatic heterocycles. The second kappa shape index (κ2) is 7.61. The molecule has 0 saturated carbocycles. The lowest BCUT2D eigenvalue weighted by Crippen LogP contribution is -2.38. The molecule has 1 aliphatic rings. The first-order valence-corrected chi connectivity index (χ1v) is 8.82. The van der Waals surface area contributed by atoms with Gasteiger partial charge in [-0.15, -0.1) is 0 Å². The van der Waals surface area contributed by atoms with Crippen molar-refractivity contribution in [2.45, 2.75) is 39.0 Å². The molecule has 0 N–H and O–H groups in total. The van der Waals surface area contributed by atoms with Gasteiger partial charge in [-0.1, -0.05) is 12.1 Å². The molecule has 0 amide bonds.